The van der Waals surface area contributed by atoms with Crippen LogP contribution < -0.4 is 10.6 Å². The van der Waals surface area contributed by atoms with Crippen molar-refractivity contribution in [2.24, 2.45) is 0 Å². The third-order valence-electron chi connectivity index (χ3n) is 1.96. The minimum absolute atomic E-state index is 0.0586. The van der Waals surface area contributed by atoms with E-state index in [0.717, 1.165) is 12.8 Å². The van der Waals surface area contributed by atoms with Crippen LogP contribution in [0.25, 0.3) is 0 Å². The molecular formula is C8H10N4O3. The van der Waals surface area contributed by atoms with Gasteiger partial charge in [0, 0.05) is 12.1 Å². The number of aromatic carboxylic acids is 1. The summed E-state index contributed by atoms with van der Waals surface area (Å²) in [5.41, 5.74) is -0.0586. The second-order valence-corrected chi connectivity index (χ2v) is 3.34. The zero-order valence-electron chi connectivity index (χ0n) is 7.78. The van der Waals surface area contributed by atoms with Crippen LogP contribution in [0.2, 0.25) is 0 Å². The highest BCUT2D eigenvalue weighted by atomic mass is 16.4. The van der Waals surface area contributed by atoms with Crippen LogP contribution in [0.3, 0.4) is 0 Å². The summed E-state index contributed by atoms with van der Waals surface area (Å²) in [5.74, 6) is -0.913. The zero-order chi connectivity index (χ0) is 10.8. The van der Waals surface area contributed by atoms with E-state index in [2.05, 4.69) is 20.8 Å². The lowest BCUT2D eigenvalue weighted by molar-refractivity contribution is 0.0690. The Hall–Kier alpha value is -2.05. The van der Waals surface area contributed by atoms with Crippen molar-refractivity contribution < 1.29 is 14.7 Å². The Morgan fingerprint density at radius 2 is 2.27 bits per heavy atom. The van der Waals surface area contributed by atoms with E-state index >= 15 is 0 Å². The SMILES string of the molecule is O=C(Nc1cc(C(=O)O)[nH]n1)NC1CC1. The minimum Gasteiger partial charge on any atom is -0.477 e. The molecule has 1 aromatic rings. The summed E-state index contributed by atoms with van der Waals surface area (Å²) < 4.78 is 0. The molecule has 1 fully saturated rings. The van der Waals surface area contributed by atoms with Gasteiger partial charge in [-0.25, -0.2) is 9.59 Å². The van der Waals surface area contributed by atoms with Crippen molar-refractivity contribution in [3.05, 3.63) is 11.8 Å². The molecule has 0 saturated heterocycles. The number of hydrogen-bond acceptors (Lipinski definition) is 3. The molecule has 1 aliphatic carbocycles. The molecule has 0 atom stereocenters. The van der Waals surface area contributed by atoms with E-state index in [0.29, 0.717) is 0 Å². The first kappa shape index (κ1) is 9.50. The van der Waals surface area contributed by atoms with E-state index in [9.17, 15) is 9.59 Å². The van der Waals surface area contributed by atoms with Crippen molar-refractivity contribution in [2.75, 3.05) is 5.32 Å². The Labute approximate surface area is 84.9 Å². The number of aromatic nitrogens is 2. The number of hydrogen-bond donors (Lipinski definition) is 4. The number of rotatable bonds is 3. The Morgan fingerprint density at radius 3 is 2.80 bits per heavy atom. The number of H-pyrrole nitrogens is 1. The van der Waals surface area contributed by atoms with Crippen LogP contribution in [0.1, 0.15) is 23.3 Å². The number of carboxylic acids is 1. The Bertz CT molecular complexity index is 396. The molecule has 1 saturated carbocycles. The predicted octanol–water partition coefficient (Wildman–Crippen LogP) is 0.392. The van der Waals surface area contributed by atoms with Gasteiger partial charge in [-0.1, -0.05) is 0 Å². The first-order valence-electron chi connectivity index (χ1n) is 4.51. The fraction of sp³-hybridized carbons (Fsp3) is 0.375. The van der Waals surface area contributed by atoms with Gasteiger partial charge in [0.2, 0.25) is 0 Å². The molecule has 0 radical (unpaired) electrons. The van der Waals surface area contributed by atoms with Crippen LogP contribution in [0, 0.1) is 0 Å². The second-order valence-electron chi connectivity index (χ2n) is 3.34. The Kier molecular flexibility index (Phi) is 2.28. The highest BCUT2D eigenvalue weighted by Crippen LogP contribution is 2.18. The maximum absolute atomic E-state index is 11.2. The van der Waals surface area contributed by atoms with E-state index < -0.39 is 5.97 Å². The number of nitrogens with one attached hydrogen (secondary N) is 3. The first-order valence-corrected chi connectivity index (χ1v) is 4.51. The maximum atomic E-state index is 11.2. The van der Waals surface area contributed by atoms with E-state index in [-0.39, 0.29) is 23.6 Å². The molecular weight excluding hydrogens is 200 g/mol. The van der Waals surface area contributed by atoms with Crippen LogP contribution in [-0.2, 0) is 0 Å². The van der Waals surface area contributed by atoms with E-state index in [1.54, 1.807) is 0 Å². The topological polar surface area (TPSA) is 107 Å². The highest BCUT2D eigenvalue weighted by Gasteiger charge is 2.23. The zero-order valence-corrected chi connectivity index (χ0v) is 7.78. The molecule has 2 amide bonds. The van der Waals surface area contributed by atoms with Crippen molar-refractivity contribution >= 4 is 17.8 Å². The van der Waals surface area contributed by atoms with Gasteiger partial charge >= 0.3 is 12.0 Å². The molecule has 2 rings (SSSR count). The lowest BCUT2D eigenvalue weighted by Gasteiger charge is -2.01. The normalized spacial score (nSPS) is 14.7. The number of urea groups is 1. The van der Waals surface area contributed by atoms with Crippen LogP contribution in [0.15, 0.2) is 6.07 Å². The van der Waals surface area contributed by atoms with Gasteiger partial charge in [-0.2, -0.15) is 5.10 Å². The lowest BCUT2D eigenvalue weighted by atomic mass is 10.4. The molecule has 7 nitrogen and oxygen atoms in total. The van der Waals surface area contributed by atoms with Crippen molar-refractivity contribution in [2.45, 2.75) is 18.9 Å². The summed E-state index contributed by atoms with van der Waals surface area (Å²) in [7, 11) is 0. The highest BCUT2D eigenvalue weighted by molar-refractivity contribution is 5.91. The summed E-state index contributed by atoms with van der Waals surface area (Å²) >= 11 is 0. The molecule has 15 heavy (non-hydrogen) atoms. The largest absolute Gasteiger partial charge is 0.477 e. The molecule has 80 valence electrons. The average molecular weight is 210 g/mol. The molecule has 0 unspecified atom stereocenters. The van der Waals surface area contributed by atoms with Gasteiger partial charge in [-0.15, -0.1) is 0 Å². The van der Waals surface area contributed by atoms with Crippen molar-refractivity contribution in [3.8, 4) is 0 Å². The van der Waals surface area contributed by atoms with Gasteiger partial charge in [0.25, 0.3) is 0 Å². The maximum Gasteiger partial charge on any atom is 0.353 e. The standard InChI is InChI=1S/C8H10N4O3/c13-7(14)5-3-6(12-11-5)10-8(15)9-4-1-2-4/h3-4H,1-2H2,(H,13,14)(H3,9,10,11,12,15). The number of aromatic amines is 1. The van der Waals surface area contributed by atoms with Crippen LogP contribution >= 0.6 is 0 Å². The lowest BCUT2D eigenvalue weighted by Crippen LogP contribution is -2.30. The summed E-state index contributed by atoms with van der Waals surface area (Å²) in [6.07, 6.45) is 1.99. The molecule has 0 aliphatic heterocycles. The third kappa shape index (κ3) is 2.46. The molecule has 1 heterocycles. The molecule has 0 bridgehead atoms. The minimum atomic E-state index is -1.11. The molecule has 4 N–H and O–H groups in total. The summed E-state index contributed by atoms with van der Waals surface area (Å²) in [4.78, 5) is 21.7. The molecule has 0 aromatic carbocycles. The van der Waals surface area contributed by atoms with Gasteiger partial charge in [0.05, 0.1) is 0 Å². The summed E-state index contributed by atoms with van der Waals surface area (Å²) in [6.45, 7) is 0. The monoisotopic (exact) mass is 210 g/mol. The molecule has 1 aliphatic rings. The fourth-order valence-electron chi connectivity index (χ4n) is 1.06. The summed E-state index contributed by atoms with van der Waals surface area (Å²) in [6, 6.07) is 1.15. The summed E-state index contributed by atoms with van der Waals surface area (Å²) in [5, 5.41) is 19.6. The van der Waals surface area contributed by atoms with Gasteiger partial charge in [0.15, 0.2) is 5.82 Å². The predicted molar refractivity (Wildman–Crippen MR) is 50.7 cm³/mol. The number of carbonyl (C=O) groups excluding carboxylic acids is 1. The van der Waals surface area contributed by atoms with Gasteiger partial charge in [0.1, 0.15) is 5.69 Å². The van der Waals surface area contributed by atoms with Gasteiger partial charge in [-0.3, -0.25) is 10.4 Å². The van der Waals surface area contributed by atoms with E-state index in [1.807, 2.05) is 0 Å². The van der Waals surface area contributed by atoms with E-state index in [1.165, 1.54) is 6.07 Å². The number of amides is 2. The van der Waals surface area contributed by atoms with Crippen molar-refractivity contribution in [3.63, 3.8) is 0 Å². The Morgan fingerprint density at radius 1 is 1.53 bits per heavy atom. The van der Waals surface area contributed by atoms with E-state index in [4.69, 9.17) is 5.11 Å². The number of nitrogens with zero attached hydrogens (tertiary/aromatic N) is 1. The second kappa shape index (κ2) is 3.60. The third-order valence-corrected chi connectivity index (χ3v) is 1.96. The average Bonchev–Trinajstić information content (AvgIpc) is 2.82. The van der Waals surface area contributed by atoms with Crippen molar-refractivity contribution in [1.29, 1.82) is 0 Å². The smallest absolute Gasteiger partial charge is 0.353 e. The van der Waals surface area contributed by atoms with Crippen LogP contribution in [-0.4, -0.2) is 33.3 Å². The first-order chi connectivity index (χ1) is 7.15. The molecule has 1 aromatic heterocycles. The number of anilines is 1. The molecule has 0 spiro atoms. The van der Waals surface area contributed by atoms with Crippen LogP contribution in [0.5, 0.6) is 0 Å². The van der Waals surface area contributed by atoms with Gasteiger partial charge < -0.3 is 10.4 Å². The van der Waals surface area contributed by atoms with Crippen LogP contribution in [0.4, 0.5) is 10.6 Å². The number of carbonyl (C=O) groups is 2. The fourth-order valence-corrected chi connectivity index (χ4v) is 1.06. The Balaban J connectivity index is 1.91. The van der Waals surface area contributed by atoms with Crippen molar-refractivity contribution in [1.82, 2.24) is 15.5 Å². The quantitative estimate of drug-likeness (QED) is 0.578. The van der Waals surface area contributed by atoms with Gasteiger partial charge in [-0.05, 0) is 12.8 Å². The molecule has 7 heteroatoms. The number of carboxylic acid groups (broad SMARTS) is 1.